The molecule has 0 saturated heterocycles. The van der Waals surface area contributed by atoms with E-state index in [4.69, 9.17) is 0 Å². The number of nitrogens with one attached hydrogen (secondary N) is 2. The van der Waals surface area contributed by atoms with Crippen LogP contribution in [0.15, 0.2) is 0 Å². The van der Waals surface area contributed by atoms with Crippen molar-refractivity contribution in [3.05, 3.63) is 0 Å². The molecule has 0 aliphatic carbocycles. The number of urea groups is 1. The van der Waals surface area contributed by atoms with E-state index in [0.29, 0.717) is 6.42 Å². The van der Waals surface area contributed by atoms with Gasteiger partial charge in [-0.05, 0) is 13.3 Å². The number of halogens is 3. The first-order valence-corrected chi connectivity index (χ1v) is 3.96. The maximum atomic E-state index is 11.6. The van der Waals surface area contributed by atoms with E-state index in [1.165, 1.54) is 5.32 Å². The smallest absolute Gasteiger partial charge is 0.335 e. The monoisotopic (exact) mass is 212 g/mol. The van der Waals surface area contributed by atoms with Crippen molar-refractivity contribution in [1.82, 2.24) is 10.6 Å². The van der Waals surface area contributed by atoms with Crippen LogP contribution in [0.4, 0.5) is 18.0 Å². The van der Waals surface area contributed by atoms with Crippen LogP contribution in [0.1, 0.15) is 20.3 Å². The van der Waals surface area contributed by atoms with Gasteiger partial charge in [-0.3, -0.25) is 10.1 Å². The van der Waals surface area contributed by atoms with Gasteiger partial charge in [-0.15, -0.1) is 0 Å². The molecule has 0 spiro atoms. The topological polar surface area (TPSA) is 58.2 Å². The number of carbonyl (C=O) groups is 2. The zero-order valence-electron chi connectivity index (χ0n) is 7.73. The highest BCUT2D eigenvalue weighted by Crippen LogP contribution is 2.13. The van der Waals surface area contributed by atoms with Crippen LogP contribution in [0.5, 0.6) is 0 Å². The third kappa shape index (κ3) is 4.68. The highest BCUT2D eigenvalue weighted by Gasteiger charge is 2.39. The lowest BCUT2D eigenvalue weighted by Gasteiger charge is -2.12. The van der Waals surface area contributed by atoms with Crippen LogP contribution in [0.2, 0.25) is 0 Å². The Hall–Kier alpha value is -1.27. The normalized spacial score (nSPS) is 13.2. The molecule has 0 saturated carbocycles. The van der Waals surface area contributed by atoms with Gasteiger partial charge < -0.3 is 5.32 Å². The van der Waals surface area contributed by atoms with E-state index in [-0.39, 0.29) is 6.04 Å². The van der Waals surface area contributed by atoms with E-state index in [9.17, 15) is 22.8 Å². The Labute approximate surface area is 78.8 Å². The molecule has 1 atom stereocenters. The molecule has 82 valence electrons. The zero-order valence-corrected chi connectivity index (χ0v) is 7.73. The predicted molar refractivity (Wildman–Crippen MR) is 42.5 cm³/mol. The lowest BCUT2D eigenvalue weighted by Crippen LogP contribution is -2.47. The summed E-state index contributed by atoms with van der Waals surface area (Å²) in [5.41, 5.74) is 0. The molecule has 0 heterocycles. The Morgan fingerprint density at radius 2 is 1.86 bits per heavy atom. The van der Waals surface area contributed by atoms with Crippen molar-refractivity contribution < 1.29 is 22.8 Å². The molecule has 0 aromatic carbocycles. The molecule has 0 aliphatic heterocycles. The van der Waals surface area contributed by atoms with Crippen molar-refractivity contribution in [2.75, 3.05) is 0 Å². The third-order valence-corrected chi connectivity index (χ3v) is 1.47. The molecular weight excluding hydrogens is 201 g/mol. The SMILES string of the molecule is CC[C@H](C)NC(=O)NC(=O)C(F)(F)F. The number of hydrogen-bond acceptors (Lipinski definition) is 2. The van der Waals surface area contributed by atoms with E-state index in [1.807, 2.05) is 0 Å². The Balaban J connectivity index is 4.02. The van der Waals surface area contributed by atoms with Crippen molar-refractivity contribution in [3.63, 3.8) is 0 Å². The minimum Gasteiger partial charge on any atom is -0.335 e. The van der Waals surface area contributed by atoms with Gasteiger partial charge >= 0.3 is 18.1 Å². The van der Waals surface area contributed by atoms with Gasteiger partial charge in [0.15, 0.2) is 0 Å². The van der Waals surface area contributed by atoms with Crippen LogP contribution in [0.3, 0.4) is 0 Å². The summed E-state index contributed by atoms with van der Waals surface area (Å²) in [6.07, 6.45) is -4.47. The Morgan fingerprint density at radius 1 is 1.36 bits per heavy atom. The second-order valence-electron chi connectivity index (χ2n) is 2.73. The summed E-state index contributed by atoms with van der Waals surface area (Å²) in [5.74, 6) is -2.27. The molecular formula is C7H11F3N2O2. The van der Waals surface area contributed by atoms with E-state index in [2.05, 4.69) is 5.32 Å². The summed E-state index contributed by atoms with van der Waals surface area (Å²) in [5, 5.41) is 3.33. The summed E-state index contributed by atoms with van der Waals surface area (Å²) in [4.78, 5) is 21.0. The Kier molecular flexibility index (Phi) is 4.39. The summed E-state index contributed by atoms with van der Waals surface area (Å²) in [6, 6.07) is -1.42. The number of rotatable bonds is 2. The van der Waals surface area contributed by atoms with Crippen LogP contribution < -0.4 is 10.6 Å². The highest BCUT2D eigenvalue weighted by molar-refractivity contribution is 5.97. The Bertz CT molecular complexity index is 227. The third-order valence-electron chi connectivity index (χ3n) is 1.47. The lowest BCUT2D eigenvalue weighted by molar-refractivity contribution is -0.172. The molecule has 0 rings (SSSR count). The van der Waals surface area contributed by atoms with Crippen LogP contribution in [0, 0.1) is 0 Å². The quantitative estimate of drug-likeness (QED) is 0.721. The fourth-order valence-electron chi connectivity index (χ4n) is 0.536. The number of imide groups is 1. The molecule has 4 nitrogen and oxygen atoms in total. The molecule has 7 heteroatoms. The van der Waals surface area contributed by atoms with Gasteiger partial charge in [-0.1, -0.05) is 6.92 Å². The van der Waals surface area contributed by atoms with Crippen LogP contribution in [-0.2, 0) is 4.79 Å². The van der Waals surface area contributed by atoms with Gasteiger partial charge in [-0.2, -0.15) is 13.2 Å². The summed E-state index contributed by atoms with van der Waals surface area (Å²) in [7, 11) is 0. The van der Waals surface area contributed by atoms with Gasteiger partial charge in [-0.25, -0.2) is 4.79 Å². The van der Waals surface area contributed by atoms with Crippen LogP contribution >= 0.6 is 0 Å². The molecule has 0 aliphatic rings. The zero-order chi connectivity index (χ0) is 11.4. The van der Waals surface area contributed by atoms with E-state index in [1.54, 1.807) is 13.8 Å². The van der Waals surface area contributed by atoms with E-state index in [0.717, 1.165) is 0 Å². The standard InChI is InChI=1S/C7H11F3N2O2/c1-3-4(2)11-6(14)12-5(13)7(8,9)10/h4H,3H2,1-2H3,(H2,11,12,13,14)/t4-/m0/s1. The average molecular weight is 212 g/mol. The maximum absolute atomic E-state index is 11.6. The molecule has 0 fully saturated rings. The molecule has 0 unspecified atom stereocenters. The number of amides is 3. The molecule has 0 aromatic heterocycles. The Morgan fingerprint density at radius 3 is 2.21 bits per heavy atom. The van der Waals surface area contributed by atoms with Crippen LogP contribution in [0.25, 0.3) is 0 Å². The van der Waals surface area contributed by atoms with Gasteiger partial charge in [0, 0.05) is 6.04 Å². The highest BCUT2D eigenvalue weighted by atomic mass is 19.4. The second-order valence-corrected chi connectivity index (χ2v) is 2.73. The maximum Gasteiger partial charge on any atom is 0.471 e. The minimum atomic E-state index is -5.03. The van der Waals surface area contributed by atoms with E-state index < -0.39 is 18.1 Å². The van der Waals surface area contributed by atoms with Crippen molar-refractivity contribution in [2.24, 2.45) is 0 Å². The fraction of sp³-hybridized carbons (Fsp3) is 0.714. The molecule has 14 heavy (non-hydrogen) atoms. The molecule has 0 aromatic rings. The summed E-state index contributed by atoms with van der Waals surface area (Å²) >= 11 is 0. The lowest BCUT2D eigenvalue weighted by atomic mass is 10.3. The minimum absolute atomic E-state index is 0.281. The molecule has 0 radical (unpaired) electrons. The summed E-state index contributed by atoms with van der Waals surface area (Å²) < 4.78 is 34.9. The van der Waals surface area contributed by atoms with Crippen LogP contribution in [-0.4, -0.2) is 24.2 Å². The van der Waals surface area contributed by atoms with Crippen molar-refractivity contribution in [3.8, 4) is 0 Å². The first kappa shape index (κ1) is 12.7. The number of hydrogen-bond donors (Lipinski definition) is 2. The number of carbonyl (C=O) groups excluding carboxylic acids is 2. The van der Waals surface area contributed by atoms with Gasteiger partial charge in [0.25, 0.3) is 0 Å². The van der Waals surface area contributed by atoms with Crippen molar-refractivity contribution >= 4 is 11.9 Å². The average Bonchev–Trinajstić information content (AvgIpc) is 2.02. The first-order valence-electron chi connectivity index (χ1n) is 3.96. The summed E-state index contributed by atoms with van der Waals surface area (Å²) in [6.45, 7) is 3.36. The number of alkyl halides is 3. The van der Waals surface area contributed by atoms with Gasteiger partial charge in [0.05, 0.1) is 0 Å². The van der Waals surface area contributed by atoms with Gasteiger partial charge in [0.2, 0.25) is 0 Å². The predicted octanol–water partition coefficient (Wildman–Crippen LogP) is 1.17. The van der Waals surface area contributed by atoms with Crippen molar-refractivity contribution in [1.29, 1.82) is 0 Å². The fourth-order valence-corrected chi connectivity index (χ4v) is 0.536. The van der Waals surface area contributed by atoms with Gasteiger partial charge in [0.1, 0.15) is 0 Å². The first-order chi connectivity index (χ1) is 6.27. The van der Waals surface area contributed by atoms with Crippen molar-refractivity contribution in [2.45, 2.75) is 32.5 Å². The molecule has 0 bridgehead atoms. The largest absolute Gasteiger partial charge is 0.471 e. The molecule has 2 N–H and O–H groups in total. The second kappa shape index (κ2) is 4.83. The van der Waals surface area contributed by atoms with E-state index >= 15 is 0 Å². The molecule has 3 amide bonds.